The summed E-state index contributed by atoms with van der Waals surface area (Å²) >= 11 is 0. The molecule has 0 aromatic heterocycles. The number of likely N-dealkylation sites (tertiary alicyclic amines) is 1. The Hall–Kier alpha value is -1.71. The topological polar surface area (TPSA) is 38.8 Å². The highest BCUT2D eigenvalue weighted by Crippen LogP contribution is 2.48. The molecule has 4 nitrogen and oxygen atoms in total. The van der Waals surface area contributed by atoms with Crippen molar-refractivity contribution in [2.24, 2.45) is 5.41 Å². The average Bonchev–Trinajstić information content (AvgIpc) is 2.62. The number of carbonyl (C=O) groups excluding carboxylic acids is 1. The van der Waals surface area contributed by atoms with E-state index in [1.165, 1.54) is 0 Å². The number of allylic oxidation sites excluding steroid dienone is 4. The van der Waals surface area contributed by atoms with Gasteiger partial charge >= 0.3 is 0 Å². The number of nitrogens with zero attached hydrogens (tertiary/aromatic N) is 1. The molecule has 1 amide bonds. The molecule has 0 unspecified atom stereocenters. The molecule has 0 bridgehead atoms. The molecule has 0 aromatic rings. The second-order valence-electron chi connectivity index (χ2n) is 4.75. The lowest BCUT2D eigenvalue weighted by Gasteiger charge is -2.32. The highest BCUT2D eigenvalue weighted by molar-refractivity contribution is 5.98. The summed E-state index contributed by atoms with van der Waals surface area (Å²) < 4.78 is 10.8. The summed E-state index contributed by atoms with van der Waals surface area (Å²) in [4.78, 5) is 14.0. The Morgan fingerprint density at radius 2 is 2.17 bits per heavy atom. The zero-order valence-corrected chi connectivity index (χ0v) is 11.3. The van der Waals surface area contributed by atoms with E-state index in [2.05, 4.69) is 6.08 Å². The van der Waals surface area contributed by atoms with E-state index in [9.17, 15) is 4.79 Å². The third kappa shape index (κ3) is 1.64. The fraction of sp³-hybridized carbons (Fsp3) is 0.500. The van der Waals surface area contributed by atoms with Crippen LogP contribution >= 0.6 is 0 Å². The Kier molecular flexibility index (Phi) is 3.20. The molecule has 0 aromatic carbocycles. The molecular weight excluding hydrogens is 230 g/mol. The van der Waals surface area contributed by atoms with Crippen molar-refractivity contribution >= 4 is 5.91 Å². The largest absolute Gasteiger partial charge is 0.501 e. The van der Waals surface area contributed by atoms with Gasteiger partial charge in [-0.3, -0.25) is 4.79 Å². The Balaban J connectivity index is 2.58. The number of methoxy groups -OCH3 is 2. The molecule has 2 aliphatic rings. The summed E-state index contributed by atoms with van der Waals surface area (Å²) in [6, 6.07) is 0. The number of rotatable bonds is 2. The van der Waals surface area contributed by atoms with Gasteiger partial charge in [0.2, 0.25) is 0 Å². The summed E-state index contributed by atoms with van der Waals surface area (Å²) in [5.74, 6) is 1.52. The van der Waals surface area contributed by atoms with Gasteiger partial charge < -0.3 is 14.4 Å². The van der Waals surface area contributed by atoms with Gasteiger partial charge in [0.1, 0.15) is 11.5 Å². The second kappa shape index (κ2) is 4.52. The van der Waals surface area contributed by atoms with Crippen LogP contribution in [0.1, 0.15) is 13.3 Å². The monoisotopic (exact) mass is 249 g/mol. The van der Waals surface area contributed by atoms with Crippen molar-refractivity contribution in [1.29, 1.82) is 0 Å². The fourth-order valence-corrected chi connectivity index (χ4v) is 2.86. The first kappa shape index (κ1) is 12.7. The summed E-state index contributed by atoms with van der Waals surface area (Å²) in [7, 11) is 5.05. The van der Waals surface area contributed by atoms with Crippen molar-refractivity contribution in [2.45, 2.75) is 13.3 Å². The molecule has 1 aliphatic carbocycles. The van der Waals surface area contributed by atoms with Crippen LogP contribution in [0.25, 0.3) is 0 Å². The zero-order chi connectivity index (χ0) is 13.3. The predicted octanol–water partition coefficient (Wildman–Crippen LogP) is 1.86. The molecule has 1 aliphatic heterocycles. The Labute approximate surface area is 108 Å². The van der Waals surface area contributed by atoms with Crippen LogP contribution in [-0.2, 0) is 14.3 Å². The molecule has 98 valence electrons. The summed E-state index contributed by atoms with van der Waals surface area (Å²) in [6.45, 7) is 2.46. The maximum absolute atomic E-state index is 12.3. The van der Waals surface area contributed by atoms with Gasteiger partial charge in [0.25, 0.3) is 5.91 Å². The Morgan fingerprint density at radius 3 is 2.78 bits per heavy atom. The number of likely N-dealkylation sites (N-methyl/N-ethyl adjacent to an activating group) is 1. The standard InChI is InChI=1S/C14H19NO3/c1-10(17-3)12-13(16)15(2)9-14(12)8-6-5-7-11(14)18-4/h5-7H,8-9H2,1-4H3/b12-10+/t14-/m1/s1. The Bertz CT molecular complexity index is 462. The molecule has 1 atom stereocenters. The van der Waals surface area contributed by atoms with Crippen LogP contribution in [0.4, 0.5) is 0 Å². The van der Waals surface area contributed by atoms with Crippen LogP contribution < -0.4 is 0 Å². The minimum absolute atomic E-state index is 0.0209. The van der Waals surface area contributed by atoms with E-state index in [1.54, 1.807) is 19.1 Å². The van der Waals surface area contributed by atoms with Crippen LogP contribution in [-0.4, -0.2) is 38.6 Å². The number of hydrogen-bond acceptors (Lipinski definition) is 3. The van der Waals surface area contributed by atoms with Crippen molar-refractivity contribution in [2.75, 3.05) is 27.8 Å². The molecule has 1 fully saturated rings. The first-order valence-electron chi connectivity index (χ1n) is 5.99. The molecule has 4 heteroatoms. The smallest absolute Gasteiger partial charge is 0.254 e. The van der Waals surface area contributed by atoms with E-state index in [-0.39, 0.29) is 5.91 Å². The quantitative estimate of drug-likeness (QED) is 0.554. The summed E-state index contributed by atoms with van der Waals surface area (Å²) in [5, 5.41) is 0. The zero-order valence-electron chi connectivity index (χ0n) is 11.3. The van der Waals surface area contributed by atoms with E-state index in [0.29, 0.717) is 17.9 Å². The molecule has 0 saturated carbocycles. The first-order valence-corrected chi connectivity index (χ1v) is 5.99. The predicted molar refractivity (Wildman–Crippen MR) is 68.6 cm³/mol. The Morgan fingerprint density at radius 1 is 1.44 bits per heavy atom. The van der Waals surface area contributed by atoms with Crippen molar-refractivity contribution in [3.8, 4) is 0 Å². The van der Waals surface area contributed by atoms with E-state index in [1.807, 2.05) is 26.1 Å². The van der Waals surface area contributed by atoms with Crippen molar-refractivity contribution < 1.29 is 14.3 Å². The third-order valence-electron chi connectivity index (χ3n) is 3.75. The maximum atomic E-state index is 12.3. The summed E-state index contributed by atoms with van der Waals surface area (Å²) in [5.41, 5.74) is 0.319. The van der Waals surface area contributed by atoms with Gasteiger partial charge in [0.15, 0.2) is 0 Å². The van der Waals surface area contributed by atoms with Crippen molar-refractivity contribution in [1.82, 2.24) is 4.90 Å². The molecular formula is C14H19NO3. The van der Waals surface area contributed by atoms with Crippen molar-refractivity contribution in [3.05, 3.63) is 35.3 Å². The average molecular weight is 249 g/mol. The second-order valence-corrected chi connectivity index (χ2v) is 4.75. The van der Waals surface area contributed by atoms with Gasteiger partial charge in [-0.15, -0.1) is 0 Å². The van der Waals surface area contributed by atoms with Crippen LogP contribution in [0.15, 0.2) is 35.3 Å². The van der Waals surface area contributed by atoms with Gasteiger partial charge in [-0.2, -0.15) is 0 Å². The lowest BCUT2D eigenvalue weighted by atomic mass is 9.74. The molecule has 18 heavy (non-hydrogen) atoms. The number of carbonyl (C=O) groups is 1. The van der Waals surface area contributed by atoms with E-state index >= 15 is 0 Å². The SMILES string of the molecule is COC1=CC=CC[C@@]12CN(C)C(=O)/C2=C(/C)OC. The lowest BCUT2D eigenvalue weighted by molar-refractivity contribution is -0.123. The highest BCUT2D eigenvalue weighted by atomic mass is 16.5. The normalized spacial score (nSPS) is 29.7. The van der Waals surface area contributed by atoms with Crippen LogP contribution in [0.2, 0.25) is 0 Å². The number of ether oxygens (including phenoxy) is 2. The van der Waals surface area contributed by atoms with Gasteiger partial charge in [0.05, 0.1) is 25.2 Å². The van der Waals surface area contributed by atoms with Crippen LogP contribution in [0, 0.1) is 5.41 Å². The lowest BCUT2D eigenvalue weighted by Crippen LogP contribution is -2.30. The minimum atomic E-state index is -0.393. The van der Waals surface area contributed by atoms with Crippen LogP contribution in [0.3, 0.4) is 0 Å². The molecule has 1 heterocycles. The third-order valence-corrected chi connectivity index (χ3v) is 3.75. The maximum Gasteiger partial charge on any atom is 0.254 e. The van der Waals surface area contributed by atoms with E-state index in [4.69, 9.17) is 9.47 Å². The van der Waals surface area contributed by atoms with Gasteiger partial charge in [0, 0.05) is 13.6 Å². The molecule has 1 saturated heterocycles. The minimum Gasteiger partial charge on any atom is -0.501 e. The van der Waals surface area contributed by atoms with Gasteiger partial charge in [-0.1, -0.05) is 12.2 Å². The highest BCUT2D eigenvalue weighted by Gasteiger charge is 2.51. The number of amides is 1. The van der Waals surface area contributed by atoms with Crippen molar-refractivity contribution in [3.63, 3.8) is 0 Å². The molecule has 0 radical (unpaired) electrons. The summed E-state index contributed by atoms with van der Waals surface area (Å²) in [6.07, 6.45) is 6.72. The number of hydrogen-bond donors (Lipinski definition) is 0. The van der Waals surface area contributed by atoms with Gasteiger partial charge in [-0.05, 0) is 19.4 Å². The molecule has 1 spiro atoms. The fourth-order valence-electron chi connectivity index (χ4n) is 2.86. The molecule has 0 N–H and O–H groups in total. The molecule has 2 rings (SSSR count). The first-order chi connectivity index (χ1) is 8.56. The van der Waals surface area contributed by atoms with E-state index < -0.39 is 5.41 Å². The van der Waals surface area contributed by atoms with Gasteiger partial charge in [-0.25, -0.2) is 0 Å². The van der Waals surface area contributed by atoms with E-state index in [0.717, 1.165) is 12.2 Å². The van der Waals surface area contributed by atoms with Crippen LogP contribution in [0.5, 0.6) is 0 Å².